The number of halogens is 5. The molecule has 4 aliphatic rings. The summed E-state index contributed by atoms with van der Waals surface area (Å²) in [6.45, 7) is 18.1. The molecule has 0 unspecified atom stereocenters. The van der Waals surface area contributed by atoms with E-state index in [1.54, 1.807) is 155 Å². The number of aromatic nitrogens is 17. The summed E-state index contributed by atoms with van der Waals surface area (Å²) in [6, 6.07) is 48.1. The Morgan fingerprint density at radius 2 is 0.710 bits per heavy atom. The van der Waals surface area contributed by atoms with Gasteiger partial charge in [0.2, 0.25) is 41.4 Å². The number of pyridine rings is 3. The van der Waals surface area contributed by atoms with Crippen molar-refractivity contribution < 1.29 is 50.6 Å². The van der Waals surface area contributed by atoms with Crippen molar-refractivity contribution in [3.05, 3.63) is 271 Å². The summed E-state index contributed by atoms with van der Waals surface area (Å²) in [7, 11) is 3.21. The molecule has 31 nitrogen and oxygen atoms in total. The van der Waals surface area contributed by atoms with Gasteiger partial charge in [0.15, 0.2) is 0 Å². The molecule has 674 valence electrons. The van der Waals surface area contributed by atoms with E-state index in [0.29, 0.717) is 168 Å². The molecule has 36 heteroatoms. The topological polar surface area (TPSA) is 300 Å². The van der Waals surface area contributed by atoms with Crippen LogP contribution in [0.4, 0.5) is 45.5 Å². The van der Waals surface area contributed by atoms with Crippen LogP contribution >= 0.6 is 0 Å². The molecule has 0 spiro atoms. The van der Waals surface area contributed by atoms with Gasteiger partial charge in [-0.25, -0.2) is 56.8 Å². The Labute approximate surface area is 753 Å². The number of anilines is 4. The van der Waals surface area contributed by atoms with Gasteiger partial charge in [-0.2, -0.15) is 20.4 Å². The molecule has 4 saturated heterocycles. The maximum atomic E-state index is 13.6. The van der Waals surface area contributed by atoms with Crippen molar-refractivity contribution in [2.45, 2.75) is 66.7 Å². The fraction of sp³-hybridized carbons (Fsp3) is 0.295. The molecule has 10 aromatic heterocycles. The number of hydrogen-bond donors (Lipinski definition) is 0. The molecule has 14 aromatic rings. The molecule has 0 atom stereocenters. The predicted molar refractivity (Wildman–Crippen MR) is 484 cm³/mol. The number of benzene rings is 4. The second-order valence-corrected chi connectivity index (χ2v) is 31.3. The van der Waals surface area contributed by atoms with Crippen LogP contribution in [0.3, 0.4) is 0 Å². The minimum atomic E-state index is -0.454. The molecule has 131 heavy (non-hydrogen) atoms. The highest BCUT2D eigenvalue weighted by atomic mass is 19.1. The van der Waals surface area contributed by atoms with Crippen LogP contribution in [0.1, 0.15) is 36.4 Å². The Hall–Kier alpha value is -15.3. The van der Waals surface area contributed by atoms with Crippen LogP contribution < -0.4 is 29.1 Å². The number of hydrogen-bond acceptors (Lipinski definition) is 23. The van der Waals surface area contributed by atoms with Crippen molar-refractivity contribution in [2.24, 2.45) is 0 Å². The first-order valence-electron chi connectivity index (χ1n) is 43.1. The van der Waals surface area contributed by atoms with Crippen molar-refractivity contribution in [3.8, 4) is 79.4 Å². The molecule has 18 rings (SSSR count). The molecule has 4 aliphatic heterocycles. The molecule has 4 fully saturated rings. The highest BCUT2D eigenvalue weighted by molar-refractivity contribution is 5.80. The summed E-state index contributed by atoms with van der Waals surface area (Å²) < 4.78 is 84.7. The average molecular weight is 1780 g/mol. The van der Waals surface area contributed by atoms with Gasteiger partial charge in [0, 0.05) is 181 Å². The molecule has 4 aromatic carbocycles. The molecular weight excluding hydrogens is 1680 g/mol. The molecule has 0 N–H and O–H groups in total. The number of methoxy groups -OCH3 is 2. The predicted octanol–water partition coefficient (Wildman–Crippen LogP) is 11.9. The van der Waals surface area contributed by atoms with E-state index in [9.17, 15) is 41.1 Å². The van der Waals surface area contributed by atoms with Gasteiger partial charge in [0.25, 0.3) is 0 Å². The number of rotatable bonds is 22. The third-order valence-electron chi connectivity index (χ3n) is 22.9. The lowest BCUT2D eigenvalue weighted by Gasteiger charge is -2.35. The van der Waals surface area contributed by atoms with E-state index in [1.807, 2.05) is 94.1 Å². The minimum absolute atomic E-state index is 0.00256. The van der Waals surface area contributed by atoms with E-state index in [-0.39, 0.29) is 67.3 Å². The lowest BCUT2D eigenvalue weighted by Crippen LogP contribution is -2.50. The zero-order chi connectivity index (χ0) is 91.4. The van der Waals surface area contributed by atoms with Crippen molar-refractivity contribution in [1.82, 2.24) is 104 Å². The highest BCUT2D eigenvalue weighted by Gasteiger charge is 2.30. The van der Waals surface area contributed by atoms with Gasteiger partial charge >= 0.3 is 0 Å². The monoisotopic (exact) mass is 1780 g/mol. The Morgan fingerprint density at radius 3 is 1.11 bits per heavy atom. The van der Waals surface area contributed by atoms with Crippen molar-refractivity contribution >= 4 is 47.2 Å². The van der Waals surface area contributed by atoms with Crippen LogP contribution in [0.15, 0.2) is 220 Å². The second kappa shape index (κ2) is 42.6. The van der Waals surface area contributed by atoms with Crippen LogP contribution in [-0.4, -0.2) is 246 Å². The Kier molecular flexibility index (Phi) is 29.4. The fourth-order valence-electron chi connectivity index (χ4n) is 15.5. The first kappa shape index (κ1) is 90.5. The smallest absolute Gasteiger partial charge is 0.244 e. The van der Waals surface area contributed by atoms with Crippen LogP contribution in [-0.2, 0) is 58.2 Å². The largest absolute Gasteiger partial charge is 0.497 e. The lowest BCUT2D eigenvalue weighted by atomic mass is 10.1. The second-order valence-electron chi connectivity index (χ2n) is 31.3. The van der Waals surface area contributed by atoms with Gasteiger partial charge in [0.1, 0.15) is 79.0 Å². The molecule has 0 aliphatic carbocycles. The summed E-state index contributed by atoms with van der Waals surface area (Å²) in [5.41, 5.74) is 11.5. The number of carbonyl (C=O) groups excluding carboxylic acids is 4. The van der Waals surface area contributed by atoms with E-state index in [2.05, 4.69) is 80.0 Å². The Balaban J connectivity index is 0.000000134. The molecular formula is C95H98F5N25O6. The van der Waals surface area contributed by atoms with Gasteiger partial charge in [-0.05, 0) is 165 Å². The number of aryl methyl sites for hydroxylation is 4. The number of nitrogens with zero attached hydrogens (tertiary/aromatic N) is 25. The van der Waals surface area contributed by atoms with Gasteiger partial charge in [0.05, 0.1) is 72.2 Å². The Morgan fingerprint density at radius 1 is 0.328 bits per heavy atom. The standard InChI is InChI=1S/C24H21F2N7O.C24H22FN7O.C24H28FN5O2.C23H27FN6O2/c25-18-4-2-17(3-5-18)21-14-22(20-7-6-19(26)15-29-20)33(30-21)16-23(34)31-10-12-32(13-11-31)24-27-8-1-9-28-24;25-19-7-8-20(28-16-19)22-15-21(18-5-2-1-3-6-18)29-32(22)17-23(33)30-11-13-31(14-12-30)24-26-9-4-10-27-24;1-4-19-14-22(18-5-6-21(25)17(2)13-18)27-30(19)16-24(31)29-11-9-28(10-12-29)23-15-20(32-3)7-8-26-23;1-4-18-12-20(17-5-6-19(24)16(2)11-17)27-30(18)14-23(31)29-9-7-28(8-10-29)21-13-22(32-3)26-15-25-21/h1-9,14-15H,10-13,16H2;1-10,15-16H,11-14,17H2;5-8,13-15H,4,9-12,16H2,1-3H3;5-6,11-13,15H,4,7-10,14H2,1-3H3. The molecule has 14 heterocycles. The third kappa shape index (κ3) is 22.8. The van der Waals surface area contributed by atoms with E-state index in [1.165, 1.54) is 48.9 Å². The van der Waals surface area contributed by atoms with Gasteiger partial charge < -0.3 is 48.7 Å². The first-order valence-corrected chi connectivity index (χ1v) is 43.1. The van der Waals surface area contributed by atoms with Crippen molar-refractivity contribution in [1.29, 1.82) is 0 Å². The van der Waals surface area contributed by atoms with Gasteiger partial charge in [-0.3, -0.25) is 47.9 Å². The van der Waals surface area contributed by atoms with Gasteiger partial charge in [-0.15, -0.1) is 0 Å². The molecule has 0 bridgehead atoms. The van der Waals surface area contributed by atoms with Crippen LogP contribution in [0, 0.1) is 42.9 Å². The lowest BCUT2D eigenvalue weighted by molar-refractivity contribution is -0.133. The number of piperazine rings is 4. The maximum absolute atomic E-state index is 13.6. The van der Waals surface area contributed by atoms with E-state index in [4.69, 9.17) is 9.47 Å². The summed E-state index contributed by atoms with van der Waals surface area (Å²) in [5, 5.41) is 18.6. The van der Waals surface area contributed by atoms with Crippen molar-refractivity contribution in [2.75, 3.05) is 139 Å². The van der Waals surface area contributed by atoms with Crippen LogP contribution in [0.2, 0.25) is 0 Å². The van der Waals surface area contributed by atoms with E-state index >= 15 is 0 Å². The van der Waals surface area contributed by atoms with E-state index < -0.39 is 11.6 Å². The number of carbonyl (C=O) groups is 4. The van der Waals surface area contributed by atoms with Crippen molar-refractivity contribution in [3.63, 3.8) is 0 Å². The van der Waals surface area contributed by atoms with Gasteiger partial charge in [-0.1, -0.05) is 44.2 Å². The summed E-state index contributed by atoms with van der Waals surface area (Å²) in [6.07, 6.45) is 13.8. The van der Waals surface area contributed by atoms with Crippen LogP contribution in [0.25, 0.3) is 67.8 Å². The summed E-state index contributed by atoms with van der Waals surface area (Å²) in [5.74, 6) is 2.53. The summed E-state index contributed by atoms with van der Waals surface area (Å²) in [4.78, 5) is 106. The maximum Gasteiger partial charge on any atom is 0.244 e. The molecule has 0 radical (unpaired) electrons. The van der Waals surface area contributed by atoms with E-state index in [0.717, 1.165) is 81.6 Å². The normalized spacial score (nSPS) is 13.9. The number of ether oxygens (including phenoxy) is 2. The molecule has 0 saturated carbocycles. The first-order chi connectivity index (χ1) is 63.7. The minimum Gasteiger partial charge on any atom is -0.497 e. The quantitative estimate of drug-likeness (QED) is 0.0569. The Bertz CT molecular complexity index is 6030. The number of amides is 4. The third-order valence-corrected chi connectivity index (χ3v) is 22.9. The highest BCUT2D eigenvalue weighted by Crippen LogP contribution is 2.31. The SMILES string of the molecule is CCc1cc(-c2ccc(F)c(C)c2)nn1CC(=O)N1CCN(c2cc(OC)ccn2)CC1.CCc1cc(-c2ccc(F)c(C)c2)nn1CC(=O)N1CCN(c2cc(OC)ncn2)CC1.O=C(Cn1nc(-c2ccc(F)cc2)cc1-c1ccc(F)cn1)N1CCN(c2ncccn2)CC1.O=C(Cn1nc(-c2ccccc2)cc1-c1ccc(F)cn1)N1CCN(c2ncccn2)CC1. The van der Waals surface area contributed by atoms with Crippen LogP contribution in [0.5, 0.6) is 11.6 Å². The zero-order valence-corrected chi connectivity index (χ0v) is 73.4. The fourth-order valence-corrected chi connectivity index (χ4v) is 15.5. The molecule has 4 amide bonds. The summed E-state index contributed by atoms with van der Waals surface area (Å²) >= 11 is 0. The average Bonchev–Trinajstić information content (AvgIpc) is 1.66. The zero-order valence-electron chi connectivity index (χ0n) is 73.4.